The Morgan fingerprint density at radius 1 is 1.37 bits per heavy atom. The summed E-state index contributed by atoms with van der Waals surface area (Å²) in [6.45, 7) is 7.80. The second-order valence-electron chi connectivity index (χ2n) is 5.18. The summed E-state index contributed by atoms with van der Waals surface area (Å²) in [5.74, 6) is 0.202. The fourth-order valence-corrected chi connectivity index (χ4v) is 2.40. The molecule has 0 aliphatic carbocycles. The molecule has 6 heteroatoms. The summed E-state index contributed by atoms with van der Waals surface area (Å²) in [5, 5.41) is 3.39. The van der Waals surface area contributed by atoms with Crippen LogP contribution in [0.15, 0.2) is 0 Å². The van der Waals surface area contributed by atoms with Crippen LogP contribution in [0.5, 0.6) is 0 Å². The van der Waals surface area contributed by atoms with Crippen molar-refractivity contribution >= 4 is 11.8 Å². The molecule has 110 valence electrons. The lowest BCUT2D eigenvalue weighted by Gasteiger charge is -2.29. The molecule has 2 amide bonds. The molecule has 0 radical (unpaired) electrons. The highest BCUT2D eigenvalue weighted by molar-refractivity contribution is 5.81. The van der Waals surface area contributed by atoms with Gasteiger partial charge in [-0.3, -0.25) is 25.3 Å². The summed E-state index contributed by atoms with van der Waals surface area (Å²) in [4.78, 5) is 24.6. The van der Waals surface area contributed by atoms with Gasteiger partial charge in [-0.05, 0) is 44.8 Å². The average molecular weight is 270 g/mol. The Hall–Kier alpha value is -1.14. The van der Waals surface area contributed by atoms with Crippen molar-refractivity contribution in [2.45, 2.75) is 33.1 Å². The molecule has 0 saturated carbocycles. The molecule has 1 fully saturated rings. The van der Waals surface area contributed by atoms with Crippen molar-refractivity contribution in [1.82, 2.24) is 21.1 Å². The second kappa shape index (κ2) is 8.87. The molecule has 1 unspecified atom stereocenters. The zero-order valence-corrected chi connectivity index (χ0v) is 12.0. The molecular weight excluding hydrogens is 244 g/mol. The number of rotatable bonds is 6. The van der Waals surface area contributed by atoms with E-state index in [0.29, 0.717) is 12.5 Å². The Balaban J connectivity index is 2.33. The fraction of sp³-hybridized carbons (Fsp3) is 0.846. The van der Waals surface area contributed by atoms with Crippen molar-refractivity contribution in [2.75, 3.05) is 32.7 Å². The highest BCUT2D eigenvalue weighted by Crippen LogP contribution is 2.11. The van der Waals surface area contributed by atoms with E-state index < -0.39 is 0 Å². The molecule has 3 N–H and O–H groups in total. The number of carbonyl (C=O) groups excluding carboxylic acids is 2. The summed E-state index contributed by atoms with van der Waals surface area (Å²) in [7, 11) is 0. The van der Waals surface area contributed by atoms with Crippen LogP contribution in [0.25, 0.3) is 0 Å². The predicted octanol–water partition coefficient (Wildman–Crippen LogP) is -0.135. The summed E-state index contributed by atoms with van der Waals surface area (Å²) in [5.41, 5.74) is 4.73. The van der Waals surface area contributed by atoms with Crippen LogP contribution in [0, 0.1) is 5.92 Å². The first kappa shape index (κ1) is 15.9. The Kier molecular flexibility index (Phi) is 7.43. The van der Waals surface area contributed by atoms with Gasteiger partial charge in [-0.1, -0.05) is 6.92 Å². The third-order valence-corrected chi connectivity index (χ3v) is 3.20. The Labute approximate surface area is 115 Å². The van der Waals surface area contributed by atoms with Crippen molar-refractivity contribution in [3.05, 3.63) is 0 Å². The number of hydrogen-bond donors (Lipinski definition) is 3. The molecule has 0 aromatic rings. The Morgan fingerprint density at radius 3 is 2.74 bits per heavy atom. The smallest absolute Gasteiger partial charge is 0.252 e. The van der Waals surface area contributed by atoms with Crippen molar-refractivity contribution in [3.63, 3.8) is 0 Å². The molecule has 1 rings (SSSR count). The van der Waals surface area contributed by atoms with E-state index in [-0.39, 0.29) is 11.8 Å². The lowest BCUT2D eigenvalue weighted by atomic mass is 9.99. The van der Waals surface area contributed by atoms with Gasteiger partial charge in [0.1, 0.15) is 0 Å². The molecule has 1 atom stereocenters. The van der Waals surface area contributed by atoms with Gasteiger partial charge in [0.2, 0.25) is 5.91 Å². The molecule has 6 nitrogen and oxygen atoms in total. The molecule has 0 spiro atoms. The topological polar surface area (TPSA) is 73.5 Å². The molecule has 1 heterocycles. The highest BCUT2D eigenvalue weighted by atomic mass is 16.2. The number of amides is 2. The molecular formula is C13H26N4O2. The van der Waals surface area contributed by atoms with Gasteiger partial charge in [0.05, 0.1) is 6.54 Å². The Morgan fingerprint density at radius 2 is 2.16 bits per heavy atom. The van der Waals surface area contributed by atoms with Crippen LogP contribution >= 0.6 is 0 Å². The van der Waals surface area contributed by atoms with E-state index in [1.165, 1.54) is 19.8 Å². The van der Waals surface area contributed by atoms with Gasteiger partial charge in [0.25, 0.3) is 5.91 Å². The zero-order chi connectivity index (χ0) is 14.1. The molecule has 0 bridgehead atoms. The second-order valence-corrected chi connectivity index (χ2v) is 5.18. The maximum atomic E-state index is 11.7. The van der Waals surface area contributed by atoms with Gasteiger partial charge < -0.3 is 5.32 Å². The fourth-order valence-electron chi connectivity index (χ4n) is 2.40. The SMILES string of the molecule is CCCN(CC(=O)NNC(C)=O)CC1CCCNC1. The standard InChI is InChI=1S/C13H26N4O2/c1-3-7-17(9-12-5-4-6-14-8-12)10-13(19)16-15-11(2)18/h12,14H,3-10H2,1-2H3,(H,15,18)(H,16,19). The van der Waals surface area contributed by atoms with E-state index in [4.69, 9.17) is 0 Å². The number of carbonyl (C=O) groups is 2. The van der Waals surface area contributed by atoms with Crippen molar-refractivity contribution in [1.29, 1.82) is 0 Å². The van der Waals surface area contributed by atoms with E-state index in [0.717, 1.165) is 32.6 Å². The largest absolute Gasteiger partial charge is 0.316 e. The van der Waals surface area contributed by atoms with Crippen LogP contribution < -0.4 is 16.2 Å². The van der Waals surface area contributed by atoms with E-state index >= 15 is 0 Å². The minimum Gasteiger partial charge on any atom is -0.316 e. The minimum atomic E-state index is -0.258. The molecule has 1 aliphatic rings. The normalized spacial score (nSPS) is 19.2. The molecule has 1 aliphatic heterocycles. The number of hydrazine groups is 1. The van der Waals surface area contributed by atoms with Gasteiger partial charge in [-0.2, -0.15) is 0 Å². The Bertz CT molecular complexity index is 290. The summed E-state index contributed by atoms with van der Waals surface area (Å²) < 4.78 is 0. The average Bonchev–Trinajstić information content (AvgIpc) is 2.38. The predicted molar refractivity (Wildman–Crippen MR) is 74.3 cm³/mol. The number of piperidine rings is 1. The summed E-state index contributed by atoms with van der Waals surface area (Å²) in [6, 6.07) is 0. The number of hydrogen-bond acceptors (Lipinski definition) is 4. The van der Waals surface area contributed by atoms with Gasteiger partial charge >= 0.3 is 0 Å². The van der Waals surface area contributed by atoms with Crippen LogP contribution in [0.2, 0.25) is 0 Å². The first-order valence-corrected chi connectivity index (χ1v) is 7.10. The summed E-state index contributed by atoms with van der Waals surface area (Å²) in [6.07, 6.45) is 3.46. The van der Waals surface area contributed by atoms with E-state index in [2.05, 4.69) is 28.0 Å². The van der Waals surface area contributed by atoms with Crippen molar-refractivity contribution in [2.24, 2.45) is 5.92 Å². The molecule has 0 aromatic carbocycles. The maximum Gasteiger partial charge on any atom is 0.252 e. The van der Waals surface area contributed by atoms with Gasteiger partial charge in [-0.25, -0.2) is 0 Å². The quantitative estimate of drug-likeness (QED) is 0.588. The van der Waals surface area contributed by atoms with Crippen LogP contribution in [0.3, 0.4) is 0 Å². The number of nitrogens with one attached hydrogen (secondary N) is 3. The van der Waals surface area contributed by atoms with Crippen LogP contribution in [0.1, 0.15) is 33.1 Å². The number of nitrogens with zero attached hydrogens (tertiary/aromatic N) is 1. The van der Waals surface area contributed by atoms with E-state index in [1.807, 2.05) is 0 Å². The minimum absolute atomic E-state index is 0.160. The first-order valence-electron chi connectivity index (χ1n) is 7.10. The molecule has 1 saturated heterocycles. The monoisotopic (exact) mass is 270 g/mol. The third kappa shape index (κ3) is 7.12. The summed E-state index contributed by atoms with van der Waals surface area (Å²) >= 11 is 0. The molecule has 0 aromatic heterocycles. The zero-order valence-electron chi connectivity index (χ0n) is 12.0. The van der Waals surface area contributed by atoms with Crippen molar-refractivity contribution in [3.8, 4) is 0 Å². The van der Waals surface area contributed by atoms with Crippen LogP contribution in [-0.2, 0) is 9.59 Å². The van der Waals surface area contributed by atoms with Gasteiger partial charge in [0.15, 0.2) is 0 Å². The van der Waals surface area contributed by atoms with Crippen LogP contribution in [-0.4, -0.2) is 49.4 Å². The van der Waals surface area contributed by atoms with Gasteiger partial charge in [-0.15, -0.1) is 0 Å². The van der Waals surface area contributed by atoms with E-state index in [1.54, 1.807) is 0 Å². The van der Waals surface area contributed by atoms with E-state index in [9.17, 15) is 9.59 Å². The first-order chi connectivity index (χ1) is 9.11. The third-order valence-electron chi connectivity index (χ3n) is 3.20. The van der Waals surface area contributed by atoms with Crippen molar-refractivity contribution < 1.29 is 9.59 Å². The van der Waals surface area contributed by atoms with Gasteiger partial charge in [0, 0.05) is 13.5 Å². The maximum absolute atomic E-state index is 11.7. The lowest BCUT2D eigenvalue weighted by molar-refractivity contribution is -0.128. The van der Waals surface area contributed by atoms with Crippen LogP contribution in [0.4, 0.5) is 0 Å². The lowest BCUT2D eigenvalue weighted by Crippen LogP contribution is -2.47. The highest BCUT2D eigenvalue weighted by Gasteiger charge is 2.18. The molecule has 19 heavy (non-hydrogen) atoms.